The van der Waals surface area contributed by atoms with Crippen LogP contribution < -0.4 is 0 Å². The SMILES string of the molecule is C[C@@]12CC[C@@H]3[C@H](CC=C4C[C@@H](O)CC[C@@]43C)[C@@H]1CC[C@@H]2C(=O)O. The normalized spacial score (nSPS) is 52.1. The molecule has 3 saturated carbocycles. The molecule has 0 heterocycles. The van der Waals surface area contributed by atoms with Gasteiger partial charge in [0.1, 0.15) is 0 Å². The predicted molar refractivity (Wildman–Crippen MR) is 88.8 cm³/mol. The summed E-state index contributed by atoms with van der Waals surface area (Å²) in [6.45, 7) is 4.68. The van der Waals surface area contributed by atoms with Crippen LogP contribution in [0.4, 0.5) is 0 Å². The summed E-state index contributed by atoms with van der Waals surface area (Å²) in [5.41, 5.74) is 1.75. The molecule has 7 atom stereocenters. The lowest BCUT2D eigenvalue weighted by Crippen LogP contribution is -2.51. The molecule has 128 valence electrons. The maximum absolute atomic E-state index is 11.7. The molecule has 0 spiro atoms. The second-order valence-electron chi connectivity index (χ2n) is 9.17. The molecule has 3 fully saturated rings. The number of hydrogen-bond acceptors (Lipinski definition) is 2. The second-order valence-corrected chi connectivity index (χ2v) is 9.17. The number of aliphatic hydroxyl groups excluding tert-OH is 1. The standard InChI is InChI=1S/C20H30O3/c1-19-9-7-13(21)11-12(19)3-4-14-15-5-6-17(18(22)23)20(15,2)10-8-16(14)19/h3,13-17,21H,4-11H2,1-2H3,(H,22,23)/t13-,14+,15-,16+,17+,19-,20+/m0/s1. The van der Waals surface area contributed by atoms with Crippen molar-refractivity contribution < 1.29 is 15.0 Å². The van der Waals surface area contributed by atoms with Crippen molar-refractivity contribution in [3.8, 4) is 0 Å². The van der Waals surface area contributed by atoms with Gasteiger partial charge < -0.3 is 10.2 Å². The molecule has 0 aromatic carbocycles. The van der Waals surface area contributed by atoms with Crippen molar-refractivity contribution in [1.29, 1.82) is 0 Å². The van der Waals surface area contributed by atoms with Crippen LogP contribution in [-0.4, -0.2) is 22.3 Å². The highest BCUT2D eigenvalue weighted by molar-refractivity contribution is 5.71. The monoisotopic (exact) mass is 318 g/mol. The summed E-state index contributed by atoms with van der Waals surface area (Å²) in [4.78, 5) is 11.7. The summed E-state index contributed by atoms with van der Waals surface area (Å²) < 4.78 is 0. The average molecular weight is 318 g/mol. The van der Waals surface area contributed by atoms with E-state index in [1.54, 1.807) is 0 Å². The van der Waals surface area contributed by atoms with E-state index in [1.165, 1.54) is 12.0 Å². The first-order chi connectivity index (χ1) is 10.9. The number of allylic oxidation sites excluding steroid dienone is 1. The van der Waals surface area contributed by atoms with Gasteiger partial charge in [0, 0.05) is 0 Å². The van der Waals surface area contributed by atoms with Crippen LogP contribution in [0.15, 0.2) is 11.6 Å². The molecule has 0 aromatic heterocycles. The van der Waals surface area contributed by atoms with Gasteiger partial charge in [-0.05, 0) is 80.0 Å². The Morgan fingerprint density at radius 2 is 1.91 bits per heavy atom. The minimum absolute atomic E-state index is 0.00286. The van der Waals surface area contributed by atoms with Crippen LogP contribution in [0.2, 0.25) is 0 Å². The van der Waals surface area contributed by atoms with Gasteiger partial charge in [0.25, 0.3) is 0 Å². The molecule has 0 aromatic rings. The van der Waals surface area contributed by atoms with E-state index in [9.17, 15) is 15.0 Å². The first-order valence-corrected chi connectivity index (χ1v) is 9.46. The van der Waals surface area contributed by atoms with Crippen molar-refractivity contribution >= 4 is 5.97 Å². The van der Waals surface area contributed by atoms with Gasteiger partial charge in [-0.3, -0.25) is 4.79 Å². The first-order valence-electron chi connectivity index (χ1n) is 9.46. The molecular formula is C20H30O3. The van der Waals surface area contributed by atoms with Crippen LogP contribution in [0, 0.1) is 34.5 Å². The molecule has 2 N–H and O–H groups in total. The fourth-order valence-corrected chi connectivity index (χ4v) is 7.05. The summed E-state index contributed by atoms with van der Waals surface area (Å²) in [5, 5.41) is 19.7. The lowest BCUT2D eigenvalue weighted by molar-refractivity contribution is -0.148. The Hall–Kier alpha value is -0.830. The van der Waals surface area contributed by atoms with Gasteiger partial charge in [0.15, 0.2) is 0 Å². The molecule has 4 aliphatic rings. The highest BCUT2D eigenvalue weighted by atomic mass is 16.4. The van der Waals surface area contributed by atoms with E-state index in [0.29, 0.717) is 17.8 Å². The minimum Gasteiger partial charge on any atom is -0.481 e. The van der Waals surface area contributed by atoms with Crippen molar-refractivity contribution in [3.63, 3.8) is 0 Å². The summed E-state index contributed by atoms with van der Waals surface area (Å²) in [5.74, 6) is 1.21. The fourth-order valence-electron chi connectivity index (χ4n) is 7.05. The fraction of sp³-hybridized carbons (Fsp3) is 0.850. The van der Waals surface area contributed by atoms with Crippen molar-refractivity contribution in [3.05, 3.63) is 11.6 Å². The molecule has 3 heteroatoms. The molecule has 4 aliphatic carbocycles. The van der Waals surface area contributed by atoms with Crippen molar-refractivity contribution in [1.82, 2.24) is 0 Å². The van der Waals surface area contributed by atoms with E-state index in [0.717, 1.165) is 44.9 Å². The Labute approximate surface area is 139 Å². The highest BCUT2D eigenvalue weighted by Gasteiger charge is 2.59. The molecule has 0 bridgehead atoms. The largest absolute Gasteiger partial charge is 0.481 e. The van der Waals surface area contributed by atoms with Crippen LogP contribution in [0.25, 0.3) is 0 Å². The van der Waals surface area contributed by atoms with E-state index in [1.807, 2.05) is 0 Å². The molecule has 0 radical (unpaired) electrons. The average Bonchev–Trinajstić information content (AvgIpc) is 2.85. The second kappa shape index (κ2) is 5.08. The third kappa shape index (κ3) is 2.08. The topological polar surface area (TPSA) is 57.5 Å². The number of aliphatic carboxylic acids is 1. The number of aliphatic hydroxyl groups is 1. The number of carbonyl (C=O) groups is 1. The van der Waals surface area contributed by atoms with E-state index >= 15 is 0 Å². The number of hydrogen-bond donors (Lipinski definition) is 2. The molecule has 3 nitrogen and oxygen atoms in total. The van der Waals surface area contributed by atoms with Crippen LogP contribution in [0.3, 0.4) is 0 Å². The van der Waals surface area contributed by atoms with Gasteiger partial charge in [-0.15, -0.1) is 0 Å². The molecule has 0 saturated heterocycles. The van der Waals surface area contributed by atoms with Crippen molar-refractivity contribution in [2.24, 2.45) is 34.5 Å². The van der Waals surface area contributed by atoms with Crippen LogP contribution >= 0.6 is 0 Å². The molecule has 0 amide bonds. The summed E-state index contributed by atoms with van der Waals surface area (Å²) in [7, 11) is 0. The summed E-state index contributed by atoms with van der Waals surface area (Å²) in [6.07, 6.45) is 10.5. The highest BCUT2D eigenvalue weighted by Crippen LogP contribution is 2.66. The zero-order valence-electron chi connectivity index (χ0n) is 14.4. The Morgan fingerprint density at radius 1 is 1.13 bits per heavy atom. The smallest absolute Gasteiger partial charge is 0.307 e. The Bertz CT molecular complexity index is 553. The maximum atomic E-state index is 11.7. The first kappa shape index (κ1) is 15.7. The lowest BCUT2D eigenvalue weighted by atomic mass is 9.47. The molecule has 23 heavy (non-hydrogen) atoms. The Morgan fingerprint density at radius 3 is 2.65 bits per heavy atom. The van der Waals surface area contributed by atoms with Crippen molar-refractivity contribution in [2.45, 2.75) is 71.3 Å². The zero-order chi connectivity index (χ0) is 16.4. The lowest BCUT2D eigenvalue weighted by Gasteiger charge is -2.57. The molecule has 0 aliphatic heterocycles. The van der Waals surface area contributed by atoms with E-state index in [2.05, 4.69) is 19.9 Å². The zero-order valence-corrected chi connectivity index (χ0v) is 14.4. The number of carboxylic acid groups (broad SMARTS) is 1. The Kier molecular flexibility index (Phi) is 3.46. The van der Waals surface area contributed by atoms with Gasteiger partial charge >= 0.3 is 5.97 Å². The van der Waals surface area contributed by atoms with Crippen LogP contribution in [0.1, 0.15) is 65.2 Å². The molecule has 0 unspecified atom stereocenters. The van der Waals surface area contributed by atoms with E-state index in [-0.39, 0.29) is 22.9 Å². The van der Waals surface area contributed by atoms with Crippen LogP contribution in [0.5, 0.6) is 0 Å². The quantitative estimate of drug-likeness (QED) is 0.718. The molecule has 4 rings (SSSR count). The minimum atomic E-state index is -0.576. The number of rotatable bonds is 1. The van der Waals surface area contributed by atoms with Gasteiger partial charge in [-0.2, -0.15) is 0 Å². The van der Waals surface area contributed by atoms with Crippen molar-refractivity contribution in [2.75, 3.05) is 0 Å². The number of fused-ring (bicyclic) bond motifs is 5. The van der Waals surface area contributed by atoms with Gasteiger partial charge in [0.05, 0.1) is 12.0 Å². The summed E-state index contributed by atoms with van der Waals surface area (Å²) >= 11 is 0. The molecular weight excluding hydrogens is 288 g/mol. The van der Waals surface area contributed by atoms with Crippen LogP contribution in [-0.2, 0) is 4.79 Å². The maximum Gasteiger partial charge on any atom is 0.307 e. The van der Waals surface area contributed by atoms with Gasteiger partial charge in [-0.25, -0.2) is 0 Å². The van der Waals surface area contributed by atoms with E-state index in [4.69, 9.17) is 0 Å². The number of carboxylic acids is 1. The van der Waals surface area contributed by atoms with E-state index < -0.39 is 5.97 Å². The van der Waals surface area contributed by atoms with Gasteiger partial charge in [-0.1, -0.05) is 25.5 Å². The third-order valence-corrected chi connectivity index (χ3v) is 8.38. The third-order valence-electron chi connectivity index (χ3n) is 8.38. The van der Waals surface area contributed by atoms with Gasteiger partial charge in [0.2, 0.25) is 0 Å². The predicted octanol–water partition coefficient (Wildman–Crippen LogP) is 4.01. The Balaban J connectivity index is 1.66. The summed E-state index contributed by atoms with van der Waals surface area (Å²) in [6, 6.07) is 0.